The third kappa shape index (κ3) is 6.69. The lowest BCUT2D eigenvalue weighted by atomic mass is 9.66. The fourth-order valence-electron chi connectivity index (χ4n) is 4.41. The largest absolute Gasteiger partial charge is 0.337 e. The molecule has 1 heterocycles. The topological polar surface area (TPSA) is 17.8 Å². The Morgan fingerprint density at radius 3 is 2.48 bits per heavy atom. The van der Waals surface area contributed by atoms with Gasteiger partial charge in [0.25, 0.3) is 0 Å². The minimum atomic E-state index is 0.530. The smallest absolute Gasteiger partial charge is 0.0945 e. The molecule has 2 nitrogen and oxygen atoms in total. The van der Waals surface area contributed by atoms with Crippen LogP contribution in [0.25, 0.3) is 0 Å². The summed E-state index contributed by atoms with van der Waals surface area (Å²) >= 11 is 0. The van der Waals surface area contributed by atoms with E-state index in [1.807, 2.05) is 12.5 Å². The maximum absolute atomic E-state index is 4.22. The second-order valence-corrected chi connectivity index (χ2v) is 8.60. The van der Waals surface area contributed by atoms with Crippen LogP contribution in [0.15, 0.2) is 18.7 Å². The number of nitrogens with zero attached hydrogens (tertiary/aromatic N) is 2. The number of imidazole rings is 1. The van der Waals surface area contributed by atoms with Crippen LogP contribution in [0.2, 0.25) is 0 Å². The molecule has 2 rings (SSSR count). The van der Waals surface area contributed by atoms with Crippen molar-refractivity contribution in [2.24, 2.45) is 17.3 Å². The fourth-order valence-corrected chi connectivity index (χ4v) is 4.41. The van der Waals surface area contributed by atoms with Crippen molar-refractivity contribution in [3.63, 3.8) is 0 Å². The Kier molecular flexibility index (Phi) is 7.65. The number of aromatic nitrogens is 2. The molecule has 0 amide bonds. The van der Waals surface area contributed by atoms with Crippen LogP contribution in [-0.2, 0) is 6.54 Å². The Bertz CT molecular complexity index is 407. The molecule has 1 aliphatic carbocycles. The van der Waals surface area contributed by atoms with Crippen LogP contribution < -0.4 is 0 Å². The summed E-state index contributed by atoms with van der Waals surface area (Å²) in [5, 5.41) is 0. The van der Waals surface area contributed by atoms with E-state index in [0.29, 0.717) is 5.41 Å². The van der Waals surface area contributed by atoms with E-state index in [-0.39, 0.29) is 0 Å². The third-order valence-electron chi connectivity index (χ3n) is 5.86. The van der Waals surface area contributed by atoms with E-state index in [4.69, 9.17) is 0 Å². The number of rotatable bonds is 10. The first kappa shape index (κ1) is 18.5. The van der Waals surface area contributed by atoms with Crippen LogP contribution in [0.5, 0.6) is 0 Å². The highest BCUT2D eigenvalue weighted by Gasteiger charge is 2.34. The zero-order chi connectivity index (χ0) is 16.5. The van der Waals surface area contributed by atoms with Gasteiger partial charge in [0.1, 0.15) is 0 Å². The van der Waals surface area contributed by atoms with Gasteiger partial charge in [0.15, 0.2) is 0 Å². The molecule has 0 aromatic carbocycles. The minimum absolute atomic E-state index is 0.530. The summed E-state index contributed by atoms with van der Waals surface area (Å²) in [6, 6.07) is 0. The summed E-state index contributed by atoms with van der Waals surface area (Å²) in [5.74, 6) is 1.77. The average Bonchev–Trinajstić information content (AvgIpc) is 3.01. The van der Waals surface area contributed by atoms with E-state index in [2.05, 4.69) is 36.5 Å². The molecule has 1 fully saturated rings. The van der Waals surface area contributed by atoms with Crippen molar-refractivity contribution >= 4 is 0 Å². The first-order valence-electron chi connectivity index (χ1n) is 10.1. The average molecular weight is 319 g/mol. The quantitative estimate of drug-likeness (QED) is 0.452. The molecule has 0 radical (unpaired) electrons. The maximum Gasteiger partial charge on any atom is 0.0945 e. The summed E-state index contributed by atoms with van der Waals surface area (Å²) in [5.41, 5.74) is 0.530. The molecule has 1 aromatic rings. The molecule has 1 aromatic heterocycles. The van der Waals surface area contributed by atoms with Gasteiger partial charge in [-0.2, -0.15) is 0 Å². The van der Waals surface area contributed by atoms with Crippen LogP contribution >= 0.6 is 0 Å². The molecule has 1 aliphatic rings. The Balaban J connectivity index is 1.74. The lowest BCUT2D eigenvalue weighted by molar-refractivity contribution is 0.0971. The van der Waals surface area contributed by atoms with Gasteiger partial charge in [-0.3, -0.25) is 0 Å². The van der Waals surface area contributed by atoms with Crippen molar-refractivity contribution < 1.29 is 0 Å². The molecule has 132 valence electrons. The van der Waals surface area contributed by atoms with E-state index < -0.39 is 0 Å². The fraction of sp³-hybridized carbons (Fsp3) is 0.857. The summed E-state index contributed by atoms with van der Waals surface area (Å²) in [6.45, 7) is 8.38. The lowest BCUT2D eigenvalue weighted by Gasteiger charge is -2.41. The van der Waals surface area contributed by atoms with E-state index in [1.54, 1.807) is 0 Å². The van der Waals surface area contributed by atoms with Crippen molar-refractivity contribution in [3.8, 4) is 0 Å². The SMILES string of the molecule is CCCCCCCCC[C@@H]1CCC(C)(C)C[C@H]1Cn1ccnc1. The van der Waals surface area contributed by atoms with Gasteiger partial charge in [-0.15, -0.1) is 0 Å². The highest BCUT2D eigenvalue weighted by Crippen LogP contribution is 2.44. The van der Waals surface area contributed by atoms with Crippen LogP contribution in [0.3, 0.4) is 0 Å². The molecule has 2 heteroatoms. The van der Waals surface area contributed by atoms with Crippen molar-refractivity contribution in [2.75, 3.05) is 0 Å². The maximum atomic E-state index is 4.22. The molecule has 2 atom stereocenters. The molecular weight excluding hydrogens is 280 g/mol. The zero-order valence-corrected chi connectivity index (χ0v) is 15.8. The standard InChI is InChI=1S/C21H38N2/c1-4-5-6-7-8-9-10-11-19-12-13-21(2,3)16-20(19)17-23-15-14-22-18-23/h14-15,18-20H,4-13,16-17H2,1-3H3/t19-,20+/m1/s1. The van der Waals surface area contributed by atoms with Crippen LogP contribution in [0.1, 0.15) is 91.4 Å². The Morgan fingerprint density at radius 1 is 1.04 bits per heavy atom. The van der Waals surface area contributed by atoms with Crippen molar-refractivity contribution in [2.45, 2.75) is 97.9 Å². The molecular formula is C21H38N2. The van der Waals surface area contributed by atoms with Crippen LogP contribution in [0, 0.1) is 17.3 Å². The third-order valence-corrected chi connectivity index (χ3v) is 5.86. The Hall–Kier alpha value is -0.790. The summed E-state index contributed by atoms with van der Waals surface area (Å²) in [4.78, 5) is 4.22. The highest BCUT2D eigenvalue weighted by molar-refractivity contribution is 4.86. The van der Waals surface area contributed by atoms with Crippen LogP contribution in [-0.4, -0.2) is 9.55 Å². The number of hydrogen-bond donors (Lipinski definition) is 0. The second kappa shape index (κ2) is 9.49. The monoisotopic (exact) mass is 318 g/mol. The van der Waals surface area contributed by atoms with Gasteiger partial charge < -0.3 is 4.57 Å². The normalized spacial score (nSPS) is 24.0. The lowest BCUT2D eigenvalue weighted by Crippen LogP contribution is -2.32. The molecule has 0 saturated heterocycles. The Morgan fingerprint density at radius 2 is 1.78 bits per heavy atom. The Labute approximate surface area is 144 Å². The first-order chi connectivity index (χ1) is 11.1. The van der Waals surface area contributed by atoms with Gasteiger partial charge in [0.2, 0.25) is 0 Å². The van der Waals surface area contributed by atoms with E-state index in [9.17, 15) is 0 Å². The van der Waals surface area contributed by atoms with Crippen molar-refractivity contribution in [1.82, 2.24) is 9.55 Å². The highest BCUT2D eigenvalue weighted by atomic mass is 15.0. The molecule has 23 heavy (non-hydrogen) atoms. The number of hydrogen-bond acceptors (Lipinski definition) is 1. The van der Waals surface area contributed by atoms with Gasteiger partial charge >= 0.3 is 0 Å². The van der Waals surface area contributed by atoms with Gasteiger partial charge in [0.05, 0.1) is 6.33 Å². The molecule has 0 unspecified atom stereocenters. The van der Waals surface area contributed by atoms with Gasteiger partial charge in [-0.25, -0.2) is 4.98 Å². The van der Waals surface area contributed by atoms with Gasteiger partial charge in [-0.1, -0.05) is 72.1 Å². The molecule has 1 saturated carbocycles. The van der Waals surface area contributed by atoms with Crippen LogP contribution in [0.4, 0.5) is 0 Å². The molecule has 0 spiro atoms. The predicted molar refractivity (Wildman–Crippen MR) is 99.4 cm³/mol. The summed E-state index contributed by atoms with van der Waals surface area (Å²) in [7, 11) is 0. The first-order valence-corrected chi connectivity index (χ1v) is 10.1. The number of unbranched alkanes of at least 4 members (excludes halogenated alkanes) is 6. The molecule has 0 aliphatic heterocycles. The van der Waals surface area contributed by atoms with Crippen molar-refractivity contribution in [3.05, 3.63) is 18.7 Å². The van der Waals surface area contributed by atoms with Gasteiger partial charge in [-0.05, 0) is 36.5 Å². The van der Waals surface area contributed by atoms with E-state index >= 15 is 0 Å². The van der Waals surface area contributed by atoms with E-state index in [0.717, 1.165) is 11.8 Å². The van der Waals surface area contributed by atoms with Crippen molar-refractivity contribution in [1.29, 1.82) is 0 Å². The zero-order valence-electron chi connectivity index (χ0n) is 15.8. The van der Waals surface area contributed by atoms with E-state index in [1.165, 1.54) is 77.2 Å². The molecule has 0 bridgehead atoms. The summed E-state index contributed by atoms with van der Waals surface area (Å²) in [6.07, 6.45) is 21.7. The minimum Gasteiger partial charge on any atom is -0.337 e. The predicted octanol–water partition coefficient (Wildman–Crippen LogP) is 6.47. The summed E-state index contributed by atoms with van der Waals surface area (Å²) < 4.78 is 2.30. The van der Waals surface area contributed by atoms with Gasteiger partial charge in [0, 0.05) is 18.9 Å². The molecule has 0 N–H and O–H groups in total. The second-order valence-electron chi connectivity index (χ2n) is 8.60.